The van der Waals surface area contributed by atoms with Crippen molar-refractivity contribution in [1.82, 2.24) is 9.80 Å². The Kier molecular flexibility index (Phi) is 7.63. The van der Waals surface area contributed by atoms with Gasteiger partial charge in [-0.1, -0.05) is 12.1 Å². The Morgan fingerprint density at radius 3 is 2.35 bits per heavy atom. The van der Waals surface area contributed by atoms with E-state index in [-0.39, 0.29) is 34.2 Å². The third-order valence-corrected chi connectivity index (χ3v) is 8.09. The molecule has 2 unspecified atom stereocenters. The second kappa shape index (κ2) is 10.7. The molecule has 2 aliphatic heterocycles. The number of methoxy groups -OCH3 is 1. The topological polar surface area (TPSA) is 99.9 Å². The number of ether oxygens (including phenoxy) is 2. The Bertz CT molecular complexity index is 1150. The highest BCUT2D eigenvalue weighted by molar-refractivity contribution is 7.91. The number of sulfone groups is 1. The van der Waals surface area contributed by atoms with E-state index in [1.165, 1.54) is 12.1 Å². The van der Waals surface area contributed by atoms with Crippen molar-refractivity contribution in [1.29, 1.82) is 5.26 Å². The fraction of sp³-hybridized carbons (Fsp3) is 0.440. The number of morpholine rings is 2. The van der Waals surface area contributed by atoms with E-state index in [9.17, 15) is 18.5 Å². The monoisotopic (exact) mass is 483 g/mol. The van der Waals surface area contributed by atoms with Crippen LogP contribution in [0.5, 0.6) is 5.75 Å². The Balaban J connectivity index is 1.26. The summed E-state index contributed by atoms with van der Waals surface area (Å²) >= 11 is 0. The molecule has 0 spiro atoms. The van der Waals surface area contributed by atoms with Gasteiger partial charge in [-0.25, -0.2) is 8.42 Å². The van der Waals surface area contributed by atoms with Crippen LogP contribution in [0.15, 0.2) is 53.4 Å². The van der Waals surface area contributed by atoms with Crippen LogP contribution >= 0.6 is 0 Å². The highest BCUT2D eigenvalue weighted by Crippen LogP contribution is 2.21. The molecule has 34 heavy (non-hydrogen) atoms. The third kappa shape index (κ3) is 5.83. The van der Waals surface area contributed by atoms with E-state index in [0.29, 0.717) is 51.3 Å². The van der Waals surface area contributed by atoms with Crippen LogP contribution < -0.4 is 4.74 Å². The molecule has 0 N–H and O–H groups in total. The number of benzene rings is 2. The van der Waals surface area contributed by atoms with Crippen molar-refractivity contribution in [3.8, 4) is 11.8 Å². The lowest BCUT2D eigenvalue weighted by molar-refractivity contribution is -0.136. The number of carbonyl (C=O) groups is 1. The highest BCUT2D eigenvalue weighted by atomic mass is 32.2. The fourth-order valence-electron chi connectivity index (χ4n) is 4.66. The second-order valence-electron chi connectivity index (χ2n) is 8.77. The van der Waals surface area contributed by atoms with E-state index < -0.39 is 9.84 Å². The van der Waals surface area contributed by atoms with E-state index in [2.05, 4.69) is 9.80 Å². The molecule has 2 aliphatic rings. The Labute approximate surface area is 200 Å². The van der Waals surface area contributed by atoms with Gasteiger partial charge in [0, 0.05) is 31.7 Å². The van der Waals surface area contributed by atoms with Gasteiger partial charge in [0.1, 0.15) is 11.8 Å². The van der Waals surface area contributed by atoms with E-state index >= 15 is 0 Å². The zero-order chi connectivity index (χ0) is 24.1. The number of carbonyl (C=O) groups excluding carboxylic acids is 1. The summed E-state index contributed by atoms with van der Waals surface area (Å²) < 4.78 is 36.6. The maximum atomic E-state index is 12.7. The SMILES string of the molecule is COc1ccc(C(=O)CN2CC3CN(CCCS(=O)(=O)c4ccccc4C#N)CC(C2)O3)cc1. The lowest BCUT2D eigenvalue weighted by Gasteiger charge is -2.45. The third-order valence-electron chi connectivity index (χ3n) is 6.24. The first kappa shape index (κ1) is 24.4. The van der Waals surface area contributed by atoms with Gasteiger partial charge in [-0.3, -0.25) is 14.6 Å². The molecule has 2 aromatic rings. The normalized spacial score (nSPS) is 21.1. The maximum absolute atomic E-state index is 12.7. The second-order valence-corrected chi connectivity index (χ2v) is 10.8. The Hall–Kier alpha value is -2.77. The molecule has 0 amide bonds. The van der Waals surface area contributed by atoms with Crippen LogP contribution in [-0.4, -0.2) is 88.3 Å². The zero-order valence-electron chi connectivity index (χ0n) is 19.2. The molecule has 2 heterocycles. The summed E-state index contributed by atoms with van der Waals surface area (Å²) in [6, 6.07) is 15.4. The van der Waals surface area contributed by atoms with Gasteiger partial charge in [-0.05, 0) is 49.4 Å². The van der Waals surface area contributed by atoms with Crippen LogP contribution in [0.1, 0.15) is 22.3 Å². The minimum absolute atomic E-state index is 0.000865. The van der Waals surface area contributed by atoms with Gasteiger partial charge in [0.25, 0.3) is 0 Å². The van der Waals surface area contributed by atoms with Crippen LogP contribution in [0.3, 0.4) is 0 Å². The zero-order valence-corrected chi connectivity index (χ0v) is 20.0. The molecule has 0 aromatic heterocycles. The summed E-state index contributed by atoms with van der Waals surface area (Å²) in [6.07, 6.45) is 0.473. The number of nitrogens with zero attached hydrogens (tertiary/aromatic N) is 3. The van der Waals surface area contributed by atoms with Crippen LogP contribution in [0.4, 0.5) is 0 Å². The van der Waals surface area contributed by atoms with Crippen LogP contribution in [0.2, 0.25) is 0 Å². The predicted molar refractivity (Wildman–Crippen MR) is 127 cm³/mol. The molecule has 9 heteroatoms. The van der Waals surface area contributed by atoms with Crippen molar-refractivity contribution in [2.75, 3.05) is 52.1 Å². The number of rotatable bonds is 9. The van der Waals surface area contributed by atoms with E-state index in [0.717, 1.165) is 5.75 Å². The molecule has 2 saturated heterocycles. The predicted octanol–water partition coefficient (Wildman–Crippen LogP) is 2.00. The van der Waals surface area contributed by atoms with Crippen molar-refractivity contribution in [2.24, 2.45) is 0 Å². The Morgan fingerprint density at radius 2 is 1.71 bits per heavy atom. The average molecular weight is 484 g/mol. The molecule has 0 saturated carbocycles. The molecule has 2 fully saturated rings. The van der Waals surface area contributed by atoms with Crippen molar-refractivity contribution in [2.45, 2.75) is 23.5 Å². The summed E-state index contributed by atoms with van der Waals surface area (Å²) in [5, 5.41) is 9.20. The first-order valence-electron chi connectivity index (χ1n) is 11.4. The number of hydrogen-bond acceptors (Lipinski definition) is 8. The van der Waals surface area contributed by atoms with E-state index in [1.54, 1.807) is 43.5 Å². The first-order chi connectivity index (χ1) is 16.4. The largest absolute Gasteiger partial charge is 0.497 e. The lowest BCUT2D eigenvalue weighted by Crippen LogP contribution is -2.60. The fourth-order valence-corrected chi connectivity index (χ4v) is 6.13. The molecule has 8 nitrogen and oxygen atoms in total. The number of fused-ring (bicyclic) bond motifs is 2. The minimum atomic E-state index is -3.51. The summed E-state index contributed by atoms with van der Waals surface area (Å²) in [5.41, 5.74) is 0.853. The summed E-state index contributed by atoms with van der Waals surface area (Å²) in [6.45, 7) is 3.75. The summed E-state index contributed by atoms with van der Waals surface area (Å²) in [5.74, 6) is 0.794. The quantitative estimate of drug-likeness (QED) is 0.500. The standard InChI is InChI=1S/C25H29N3O5S/c1-32-21-9-7-19(8-10-21)24(29)18-28-16-22-14-27(15-23(17-28)33-22)11-4-12-34(30,31)25-6-3-2-5-20(25)13-26/h2-3,5-10,22-23H,4,11-12,14-18H2,1H3. The molecule has 4 rings (SSSR count). The van der Waals surface area contributed by atoms with Crippen LogP contribution in [0, 0.1) is 11.3 Å². The van der Waals surface area contributed by atoms with Crippen molar-refractivity contribution >= 4 is 15.6 Å². The van der Waals surface area contributed by atoms with Gasteiger partial charge in [-0.15, -0.1) is 0 Å². The van der Waals surface area contributed by atoms with Gasteiger partial charge in [0.05, 0.1) is 42.1 Å². The molecular weight excluding hydrogens is 454 g/mol. The molecule has 2 bridgehead atoms. The Morgan fingerprint density at radius 1 is 1.06 bits per heavy atom. The van der Waals surface area contributed by atoms with Gasteiger partial charge in [0.15, 0.2) is 15.6 Å². The molecule has 180 valence electrons. The van der Waals surface area contributed by atoms with E-state index in [1.807, 2.05) is 6.07 Å². The lowest BCUT2D eigenvalue weighted by atomic mass is 10.1. The smallest absolute Gasteiger partial charge is 0.179 e. The van der Waals surface area contributed by atoms with Crippen molar-refractivity contribution < 1.29 is 22.7 Å². The van der Waals surface area contributed by atoms with Gasteiger partial charge in [-0.2, -0.15) is 5.26 Å². The first-order valence-corrected chi connectivity index (χ1v) is 13.0. The number of hydrogen-bond donors (Lipinski definition) is 0. The molecule has 2 atom stereocenters. The number of ketones is 1. The highest BCUT2D eigenvalue weighted by Gasteiger charge is 2.35. The van der Waals surface area contributed by atoms with Crippen LogP contribution in [0.25, 0.3) is 0 Å². The number of nitriles is 1. The summed E-state index contributed by atoms with van der Waals surface area (Å²) in [7, 11) is -1.91. The minimum Gasteiger partial charge on any atom is -0.497 e. The summed E-state index contributed by atoms with van der Waals surface area (Å²) in [4.78, 5) is 17.2. The van der Waals surface area contributed by atoms with Crippen molar-refractivity contribution in [3.63, 3.8) is 0 Å². The van der Waals surface area contributed by atoms with Gasteiger partial charge >= 0.3 is 0 Å². The van der Waals surface area contributed by atoms with Crippen LogP contribution in [-0.2, 0) is 14.6 Å². The van der Waals surface area contributed by atoms with Gasteiger partial charge in [0.2, 0.25) is 0 Å². The molecule has 2 aromatic carbocycles. The average Bonchev–Trinajstić information content (AvgIpc) is 2.83. The molecule has 0 aliphatic carbocycles. The molecule has 0 radical (unpaired) electrons. The number of Topliss-reactive ketones (excluding diaryl/α,β-unsaturated/α-hetero) is 1. The maximum Gasteiger partial charge on any atom is 0.179 e. The van der Waals surface area contributed by atoms with Gasteiger partial charge < -0.3 is 9.47 Å². The molecular formula is C25H29N3O5S. The van der Waals surface area contributed by atoms with Crippen molar-refractivity contribution in [3.05, 3.63) is 59.7 Å². The van der Waals surface area contributed by atoms with E-state index in [4.69, 9.17) is 9.47 Å².